The molecule has 92 valence electrons. The van der Waals surface area contributed by atoms with Gasteiger partial charge in [-0.3, -0.25) is 4.79 Å². The second-order valence-corrected chi connectivity index (χ2v) is 3.74. The summed E-state index contributed by atoms with van der Waals surface area (Å²) in [5.41, 5.74) is 1.52. The van der Waals surface area contributed by atoms with E-state index in [1.807, 2.05) is 13.0 Å². The minimum absolute atomic E-state index is 0.0790. The molecule has 2 N–H and O–H groups in total. The van der Waals surface area contributed by atoms with Gasteiger partial charge in [0.05, 0.1) is 19.9 Å². The Labute approximate surface area is 100 Å². The second-order valence-electron chi connectivity index (χ2n) is 3.74. The molecule has 0 aromatic heterocycles. The fourth-order valence-electron chi connectivity index (χ4n) is 2.07. The first kappa shape index (κ1) is 11.7. The maximum Gasteiger partial charge on any atom is 0.246 e. The van der Waals surface area contributed by atoms with Crippen molar-refractivity contribution in [3.05, 3.63) is 17.7 Å². The lowest BCUT2D eigenvalue weighted by Gasteiger charge is -2.14. The highest BCUT2D eigenvalue weighted by molar-refractivity contribution is 6.05. The number of benzene rings is 1. The van der Waals surface area contributed by atoms with E-state index < -0.39 is 0 Å². The molecule has 1 aliphatic rings. The molecule has 1 amide bonds. The Bertz CT molecular complexity index is 446. The number of anilines is 1. The number of methoxy groups -OCH3 is 2. The largest absolute Gasteiger partial charge is 0.496 e. The van der Waals surface area contributed by atoms with E-state index in [4.69, 9.17) is 9.47 Å². The Balaban J connectivity index is 2.53. The topological polar surface area (TPSA) is 59.6 Å². The van der Waals surface area contributed by atoms with E-state index in [2.05, 4.69) is 10.6 Å². The molecule has 0 fully saturated rings. The van der Waals surface area contributed by atoms with E-state index in [1.54, 1.807) is 20.3 Å². The lowest BCUT2D eigenvalue weighted by Crippen LogP contribution is -2.27. The molecule has 1 aliphatic heterocycles. The van der Waals surface area contributed by atoms with Gasteiger partial charge in [-0.2, -0.15) is 0 Å². The van der Waals surface area contributed by atoms with Gasteiger partial charge in [0.15, 0.2) is 0 Å². The first-order valence-electron chi connectivity index (χ1n) is 5.52. The number of carbonyl (C=O) groups excluding carboxylic acids is 1. The first-order chi connectivity index (χ1) is 8.22. The van der Waals surface area contributed by atoms with Gasteiger partial charge in [-0.1, -0.05) is 6.92 Å². The van der Waals surface area contributed by atoms with Crippen LogP contribution in [0.1, 0.15) is 18.5 Å². The third-order valence-electron chi connectivity index (χ3n) is 2.81. The molecule has 0 radical (unpaired) electrons. The monoisotopic (exact) mass is 236 g/mol. The molecule has 1 heterocycles. The predicted octanol–water partition coefficient (Wildman–Crippen LogP) is 1.31. The number of hydrogen-bond donors (Lipinski definition) is 2. The summed E-state index contributed by atoms with van der Waals surface area (Å²) in [7, 11) is 3.17. The number of carbonyl (C=O) groups is 1. The standard InChI is InChI=1S/C12H16N2O3/c1-4-13-11-9-7(16-2)5-6-8(17-3)10(9)14-12(11)15/h5-6,11,13H,4H2,1-3H3,(H,14,15). The third-order valence-corrected chi connectivity index (χ3v) is 2.81. The van der Waals surface area contributed by atoms with Gasteiger partial charge in [0.1, 0.15) is 17.5 Å². The van der Waals surface area contributed by atoms with Gasteiger partial charge in [0, 0.05) is 5.56 Å². The van der Waals surface area contributed by atoms with Gasteiger partial charge in [0.25, 0.3) is 0 Å². The van der Waals surface area contributed by atoms with Crippen molar-refractivity contribution in [3.63, 3.8) is 0 Å². The Morgan fingerprint density at radius 1 is 1.29 bits per heavy atom. The maximum absolute atomic E-state index is 11.9. The van der Waals surface area contributed by atoms with Crippen molar-refractivity contribution in [1.82, 2.24) is 5.32 Å². The number of likely N-dealkylation sites (N-methyl/N-ethyl adjacent to an activating group) is 1. The predicted molar refractivity (Wildman–Crippen MR) is 64.6 cm³/mol. The fourth-order valence-corrected chi connectivity index (χ4v) is 2.07. The molecule has 1 aromatic carbocycles. The summed E-state index contributed by atoms with van der Waals surface area (Å²) in [6.07, 6.45) is 0. The van der Waals surface area contributed by atoms with Crippen LogP contribution in [0.15, 0.2) is 12.1 Å². The van der Waals surface area contributed by atoms with E-state index in [0.29, 0.717) is 23.7 Å². The van der Waals surface area contributed by atoms with Crippen molar-refractivity contribution in [2.24, 2.45) is 0 Å². The summed E-state index contributed by atoms with van der Waals surface area (Å²) in [4.78, 5) is 11.9. The second kappa shape index (κ2) is 4.63. The Kier molecular flexibility index (Phi) is 3.19. The van der Waals surface area contributed by atoms with E-state index in [0.717, 1.165) is 5.56 Å². The lowest BCUT2D eigenvalue weighted by atomic mass is 10.1. The summed E-state index contributed by atoms with van der Waals surface area (Å²) in [5.74, 6) is 1.25. The quantitative estimate of drug-likeness (QED) is 0.827. The van der Waals surface area contributed by atoms with Gasteiger partial charge >= 0.3 is 0 Å². The average molecular weight is 236 g/mol. The van der Waals surface area contributed by atoms with Crippen LogP contribution in [0.5, 0.6) is 11.5 Å². The van der Waals surface area contributed by atoms with Crippen molar-refractivity contribution < 1.29 is 14.3 Å². The minimum Gasteiger partial charge on any atom is -0.496 e. The highest BCUT2D eigenvalue weighted by atomic mass is 16.5. The van der Waals surface area contributed by atoms with Crippen molar-refractivity contribution in [1.29, 1.82) is 0 Å². The van der Waals surface area contributed by atoms with Crippen LogP contribution >= 0.6 is 0 Å². The molecular weight excluding hydrogens is 220 g/mol. The van der Waals surface area contributed by atoms with E-state index in [-0.39, 0.29) is 11.9 Å². The first-order valence-corrected chi connectivity index (χ1v) is 5.52. The fraction of sp³-hybridized carbons (Fsp3) is 0.417. The zero-order valence-electron chi connectivity index (χ0n) is 10.2. The Morgan fingerprint density at radius 3 is 2.53 bits per heavy atom. The maximum atomic E-state index is 11.9. The number of rotatable bonds is 4. The van der Waals surface area contributed by atoms with Crippen LogP contribution in [0, 0.1) is 0 Å². The van der Waals surface area contributed by atoms with E-state index >= 15 is 0 Å². The highest BCUT2D eigenvalue weighted by Gasteiger charge is 2.35. The molecule has 0 saturated carbocycles. The highest BCUT2D eigenvalue weighted by Crippen LogP contribution is 2.43. The molecule has 5 nitrogen and oxygen atoms in total. The van der Waals surface area contributed by atoms with Crippen LogP contribution in [0.2, 0.25) is 0 Å². The van der Waals surface area contributed by atoms with Crippen LogP contribution in [-0.2, 0) is 4.79 Å². The molecule has 0 saturated heterocycles. The van der Waals surface area contributed by atoms with Gasteiger partial charge in [0.2, 0.25) is 5.91 Å². The number of amides is 1. The minimum atomic E-state index is -0.375. The van der Waals surface area contributed by atoms with Gasteiger partial charge in [-0.25, -0.2) is 0 Å². The normalized spacial score (nSPS) is 17.6. The Hall–Kier alpha value is -1.75. The molecule has 1 atom stereocenters. The number of nitrogens with one attached hydrogen (secondary N) is 2. The number of hydrogen-bond acceptors (Lipinski definition) is 4. The lowest BCUT2D eigenvalue weighted by molar-refractivity contribution is -0.117. The molecule has 2 rings (SSSR count). The summed E-state index contributed by atoms with van der Waals surface area (Å²) >= 11 is 0. The summed E-state index contributed by atoms with van der Waals surface area (Å²) in [6, 6.07) is 3.22. The third kappa shape index (κ3) is 1.82. The SMILES string of the molecule is CCNC1C(=O)Nc2c(OC)ccc(OC)c21. The molecule has 0 spiro atoms. The van der Waals surface area contributed by atoms with Crippen molar-refractivity contribution >= 4 is 11.6 Å². The average Bonchev–Trinajstić information content (AvgIpc) is 2.66. The van der Waals surface area contributed by atoms with Crippen molar-refractivity contribution in [2.45, 2.75) is 13.0 Å². The van der Waals surface area contributed by atoms with Gasteiger partial charge in [-0.05, 0) is 18.7 Å². The zero-order chi connectivity index (χ0) is 12.4. The van der Waals surface area contributed by atoms with E-state index in [1.165, 1.54) is 0 Å². The molecule has 0 aliphatic carbocycles. The van der Waals surface area contributed by atoms with Crippen LogP contribution in [0.4, 0.5) is 5.69 Å². The number of ether oxygens (including phenoxy) is 2. The van der Waals surface area contributed by atoms with Crippen LogP contribution < -0.4 is 20.1 Å². The van der Waals surface area contributed by atoms with Gasteiger partial charge < -0.3 is 20.1 Å². The summed E-state index contributed by atoms with van der Waals surface area (Å²) in [6.45, 7) is 2.66. The molecular formula is C12H16N2O3. The molecule has 1 unspecified atom stereocenters. The molecule has 0 bridgehead atoms. The molecule has 1 aromatic rings. The van der Waals surface area contributed by atoms with Crippen molar-refractivity contribution in [2.75, 3.05) is 26.1 Å². The van der Waals surface area contributed by atoms with Gasteiger partial charge in [-0.15, -0.1) is 0 Å². The van der Waals surface area contributed by atoms with Crippen molar-refractivity contribution in [3.8, 4) is 11.5 Å². The smallest absolute Gasteiger partial charge is 0.246 e. The number of fused-ring (bicyclic) bond motifs is 1. The van der Waals surface area contributed by atoms with Crippen LogP contribution in [0.3, 0.4) is 0 Å². The summed E-state index contributed by atoms with van der Waals surface area (Å²) < 4.78 is 10.5. The molecule has 17 heavy (non-hydrogen) atoms. The zero-order valence-corrected chi connectivity index (χ0v) is 10.2. The summed E-state index contributed by atoms with van der Waals surface area (Å²) in [5, 5.41) is 5.95. The Morgan fingerprint density at radius 2 is 1.94 bits per heavy atom. The molecule has 5 heteroatoms. The van der Waals surface area contributed by atoms with Crippen LogP contribution in [0.25, 0.3) is 0 Å². The van der Waals surface area contributed by atoms with E-state index in [9.17, 15) is 4.79 Å². The van der Waals surface area contributed by atoms with Crippen LogP contribution in [-0.4, -0.2) is 26.7 Å².